The minimum absolute atomic E-state index is 0. The molecule has 2 aromatic rings. The summed E-state index contributed by atoms with van der Waals surface area (Å²) in [7, 11) is 0. The summed E-state index contributed by atoms with van der Waals surface area (Å²) < 4.78 is 22.5. The average molecular weight is 497 g/mol. The number of halogens is 1. The summed E-state index contributed by atoms with van der Waals surface area (Å²) in [5.41, 5.74) is 7.96. The lowest BCUT2D eigenvalue weighted by molar-refractivity contribution is 0.171. The number of nitrogens with zero attached hydrogens (tertiary/aromatic N) is 1. The van der Waals surface area contributed by atoms with E-state index in [1.165, 1.54) is 0 Å². The van der Waals surface area contributed by atoms with Crippen LogP contribution in [0.15, 0.2) is 41.4 Å². The normalized spacial score (nSPS) is 15.2. The van der Waals surface area contributed by atoms with Crippen LogP contribution in [-0.4, -0.2) is 38.9 Å². The zero-order chi connectivity index (χ0) is 18.5. The maximum absolute atomic E-state index is 6.01. The molecule has 0 saturated carbocycles. The number of guanidine groups is 1. The first-order valence-electron chi connectivity index (χ1n) is 9.13. The average Bonchev–Trinajstić information content (AvgIpc) is 2.93. The Morgan fingerprint density at radius 2 is 1.50 bits per heavy atom. The Hall–Kier alpha value is -2.36. The molecule has 0 fully saturated rings. The minimum atomic E-state index is 0. The van der Waals surface area contributed by atoms with E-state index in [2.05, 4.69) is 10.3 Å². The van der Waals surface area contributed by atoms with Gasteiger partial charge >= 0.3 is 0 Å². The summed E-state index contributed by atoms with van der Waals surface area (Å²) in [6, 6.07) is 11.6. The second-order valence-corrected chi connectivity index (χ2v) is 6.33. The van der Waals surface area contributed by atoms with Crippen LogP contribution in [0.4, 0.5) is 5.69 Å². The molecule has 0 bridgehead atoms. The monoisotopic (exact) mass is 497 g/mol. The summed E-state index contributed by atoms with van der Waals surface area (Å²) >= 11 is 0. The largest absolute Gasteiger partial charge is 0.490 e. The molecule has 0 atom stereocenters. The molecule has 3 N–H and O–H groups in total. The zero-order valence-corrected chi connectivity index (χ0v) is 17.8. The minimum Gasteiger partial charge on any atom is -0.490 e. The lowest BCUT2D eigenvalue weighted by Gasteiger charge is -2.18. The number of nitrogens with two attached hydrogens (primary N) is 1. The lowest BCUT2D eigenvalue weighted by Crippen LogP contribution is -2.23. The van der Waals surface area contributed by atoms with Gasteiger partial charge in [-0.2, -0.15) is 0 Å². The molecule has 28 heavy (non-hydrogen) atoms. The van der Waals surface area contributed by atoms with Crippen LogP contribution in [-0.2, 0) is 6.42 Å². The summed E-state index contributed by atoms with van der Waals surface area (Å²) in [5.74, 6) is 3.43. The van der Waals surface area contributed by atoms with Crippen LogP contribution in [0.1, 0.15) is 12.0 Å². The van der Waals surface area contributed by atoms with Gasteiger partial charge in [-0.3, -0.25) is 4.99 Å². The molecule has 0 radical (unpaired) electrons. The van der Waals surface area contributed by atoms with Crippen molar-refractivity contribution in [1.29, 1.82) is 0 Å². The fourth-order valence-corrected chi connectivity index (χ4v) is 2.98. The van der Waals surface area contributed by atoms with Crippen molar-refractivity contribution >= 4 is 35.6 Å². The molecule has 8 heteroatoms. The predicted octanol–water partition coefficient (Wildman–Crippen LogP) is 3.21. The highest BCUT2D eigenvalue weighted by Gasteiger charge is 2.12. The topological polar surface area (TPSA) is 87.3 Å². The standard InChI is InChI=1S/C20H23N3O4.HI/c21-20(23-15-3-5-17-19(13-15)25-9-1-8-24-17)22-7-6-14-2-4-16-18(12-14)27-11-10-26-16;/h2-5,12-13H,1,6-11H2,(H3,21,22,23);1H. The molecular formula is C20H24IN3O4. The summed E-state index contributed by atoms with van der Waals surface area (Å²) in [4.78, 5) is 4.40. The van der Waals surface area contributed by atoms with Gasteiger partial charge in [0.1, 0.15) is 13.2 Å². The highest BCUT2D eigenvalue weighted by molar-refractivity contribution is 14.0. The molecule has 7 nitrogen and oxygen atoms in total. The molecule has 2 aliphatic rings. The van der Waals surface area contributed by atoms with E-state index in [1.807, 2.05) is 36.4 Å². The number of hydrogen-bond acceptors (Lipinski definition) is 5. The first-order chi connectivity index (χ1) is 13.3. The van der Waals surface area contributed by atoms with Gasteiger partial charge in [0, 0.05) is 24.7 Å². The van der Waals surface area contributed by atoms with Gasteiger partial charge in [-0.15, -0.1) is 24.0 Å². The third-order valence-electron chi connectivity index (χ3n) is 4.31. The quantitative estimate of drug-likeness (QED) is 0.384. The molecule has 0 aliphatic carbocycles. The van der Waals surface area contributed by atoms with Crippen molar-refractivity contribution in [2.24, 2.45) is 10.7 Å². The molecule has 0 amide bonds. The van der Waals surface area contributed by atoms with Gasteiger partial charge in [-0.25, -0.2) is 0 Å². The van der Waals surface area contributed by atoms with Gasteiger partial charge in [0.25, 0.3) is 0 Å². The number of fused-ring (bicyclic) bond motifs is 2. The molecule has 0 saturated heterocycles. The predicted molar refractivity (Wildman–Crippen MR) is 119 cm³/mol. The third kappa shape index (κ3) is 5.12. The number of benzene rings is 2. The Morgan fingerprint density at radius 3 is 2.32 bits per heavy atom. The van der Waals surface area contributed by atoms with Crippen molar-refractivity contribution < 1.29 is 18.9 Å². The van der Waals surface area contributed by atoms with Crippen LogP contribution >= 0.6 is 24.0 Å². The molecule has 0 aromatic heterocycles. The highest BCUT2D eigenvalue weighted by atomic mass is 127. The van der Waals surface area contributed by atoms with E-state index in [-0.39, 0.29) is 24.0 Å². The molecule has 2 aliphatic heterocycles. The van der Waals surface area contributed by atoms with Crippen molar-refractivity contribution in [2.45, 2.75) is 12.8 Å². The van der Waals surface area contributed by atoms with Crippen LogP contribution in [0, 0.1) is 0 Å². The fraction of sp³-hybridized carbons (Fsp3) is 0.350. The molecule has 150 valence electrons. The lowest BCUT2D eigenvalue weighted by atomic mass is 10.1. The number of ether oxygens (including phenoxy) is 4. The van der Waals surface area contributed by atoms with Crippen molar-refractivity contribution in [1.82, 2.24) is 0 Å². The molecule has 0 unspecified atom stereocenters. The number of anilines is 1. The number of aliphatic imine (C=N–C) groups is 1. The van der Waals surface area contributed by atoms with Crippen LogP contribution < -0.4 is 30.0 Å². The molecule has 2 heterocycles. The maximum Gasteiger partial charge on any atom is 0.193 e. The van der Waals surface area contributed by atoms with Crippen molar-refractivity contribution in [2.75, 3.05) is 38.3 Å². The molecule has 0 spiro atoms. The van der Waals surface area contributed by atoms with E-state index in [0.717, 1.165) is 47.1 Å². The zero-order valence-electron chi connectivity index (χ0n) is 15.5. The van der Waals surface area contributed by atoms with Crippen LogP contribution in [0.25, 0.3) is 0 Å². The SMILES string of the molecule is I.NC(=NCCc1ccc2c(c1)OCCO2)Nc1ccc2c(c1)OCCCO2. The summed E-state index contributed by atoms with van der Waals surface area (Å²) in [5, 5.41) is 3.10. The second-order valence-electron chi connectivity index (χ2n) is 6.33. The number of nitrogens with one attached hydrogen (secondary N) is 1. The van der Waals surface area contributed by atoms with Crippen LogP contribution in [0.3, 0.4) is 0 Å². The Morgan fingerprint density at radius 1 is 0.857 bits per heavy atom. The van der Waals surface area contributed by atoms with E-state index in [4.69, 9.17) is 24.7 Å². The summed E-state index contributed by atoms with van der Waals surface area (Å²) in [6.07, 6.45) is 1.64. The van der Waals surface area contributed by atoms with E-state index < -0.39 is 0 Å². The van der Waals surface area contributed by atoms with Gasteiger partial charge in [-0.1, -0.05) is 6.07 Å². The van der Waals surface area contributed by atoms with Crippen LogP contribution in [0.2, 0.25) is 0 Å². The van der Waals surface area contributed by atoms with Crippen molar-refractivity contribution in [3.05, 3.63) is 42.0 Å². The Labute approximate surface area is 181 Å². The first-order valence-corrected chi connectivity index (χ1v) is 9.13. The summed E-state index contributed by atoms with van der Waals surface area (Å²) in [6.45, 7) is 3.07. The number of rotatable bonds is 4. The Kier molecular flexibility index (Phi) is 7.07. The fourth-order valence-electron chi connectivity index (χ4n) is 2.98. The molecule has 4 rings (SSSR count). The van der Waals surface area contributed by atoms with Gasteiger partial charge in [0.05, 0.1) is 13.2 Å². The van der Waals surface area contributed by atoms with Crippen molar-refractivity contribution in [3.8, 4) is 23.0 Å². The van der Waals surface area contributed by atoms with Crippen LogP contribution in [0.5, 0.6) is 23.0 Å². The molecule has 2 aromatic carbocycles. The van der Waals surface area contributed by atoms with E-state index in [0.29, 0.717) is 38.9 Å². The van der Waals surface area contributed by atoms with E-state index >= 15 is 0 Å². The van der Waals surface area contributed by atoms with E-state index in [9.17, 15) is 0 Å². The second kappa shape index (κ2) is 9.72. The Balaban J connectivity index is 0.00000225. The van der Waals surface area contributed by atoms with E-state index in [1.54, 1.807) is 0 Å². The van der Waals surface area contributed by atoms with Gasteiger partial charge in [0.15, 0.2) is 29.0 Å². The van der Waals surface area contributed by atoms with Gasteiger partial charge in [0.2, 0.25) is 0 Å². The Bertz CT molecular complexity index is 844. The maximum atomic E-state index is 6.01. The van der Waals surface area contributed by atoms with Gasteiger partial charge < -0.3 is 30.0 Å². The highest BCUT2D eigenvalue weighted by Crippen LogP contribution is 2.32. The number of hydrogen-bond donors (Lipinski definition) is 2. The van der Waals surface area contributed by atoms with Gasteiger partial charge in [-0.05, 0) is 36.2 Å². The molecular weight excluding hydrogens is 473 g/mol. The first kappa shape index (κ1) is 20.4. The van der Waals surface area contributed by atoms with Crippen molar-refractivity contribution in [3.63, 3.8) is 0 Å². The smallest absolute Gasteiger partial charge is 0.193 e. The third-order valence-corrected chi connectivity index (χ3v) is 4.31.